The number of pyridine rings is 1. The number of amides is 2. The number of hydrogen-bond acceptors (Lipinski definition) is 5. The lowest BCUT2D eigenvalue weighted by Gasteiger charge is -2.24. The fourth-order valence-electron chi connectivity index (χ4n) is 3.65. The molecule has 35 heavy (non-hydrogen) atoms. The average Bonchev–Trinajstić information content (AvgIpc) is 2.89. The zero-order valence-electron chi connectivity index (χ0n) is 20.3. The van der Waals surface area contributed by atoms with Crippen molar-refractivity contribution in [3.8, 4) is 11.5 Å². The first-order chi connectivity index (χ1) is 17.1. The molecule has 0 saturated heterocycles. The van der Waals surface area contributed by atoms with E-state index in [9.17, 15) is 4.79 Å². The molecule has 0 bridgehead atoms. The topological polar surface area (TPSA) is 75.7 Å². The van der Waals surface area contributed by atoms with Crippen molar-refractivity contribution < 1.29 is 14.3 Å². The van der Waals surface area contributed by atoms with Gasteiger partial charge in [-0.3, -0.25) is 0 Å². The molecule has 0 aliphatic rings. The van der Waals surface area contributed by atoms with Gasteiger partial charge in [-0.15, -0.1) is 0 Å². The first-order valence-electron chi connectivity index (χ1n) is 11.8. The number of rotatable bonds is 13. The van der Waals surface area contributed by atoms with Gasteiger partial charge in [-0.2, -0.15) is 0 Å². The molecule has 0 radical (unpaired) electrons. The van der Waals surface area contributed by atoms with E-state index in [1.165, 1.54) is 0 Å². The highest BCUT2D eigenvalue weighted by Crippen LogP contribution is 2.28. The molecule has 0 unspecified atom stereocenters. The number of nitrogens with one attached hydrogen (secondary N) is 2. The Morgan fingerprint density at radius 3 is 2.43 bits per heavy atom. The molecule has 0 atom stereocenters. The van der Waals surface area contributed by atoms with Crippen LogP contribution in [0.3, 0.4) is 0 Å². The van der Waals surface area contributed by atoms with Crippen LogP contribution in [0.5, 0.6) is 11.5 Å². The lowest BCUT2D eigenvalue weighted by molar-refractivity contribution is 0.207. The minimum atomic E-state index is -0.154. The van der Waals surface area contributed by atoms with Crippen LogP contribution in [0.1, 0.15) is 31.2 Å². The van der Waals surface area contributed by atoms with Gasteiger partial charge in [0.1, 0.15) is 5.82 Å². The molecule has 3 rings (SSSR count). The van der Waals surface area contributed by atoms with Crippen LogP contribution >= 0.6 is 11.6 Å². The van der Waals surface area contributed by atoms with Crippen LogP contribution in [-0.2, 0) is 6.54 Å². The van der Waals surface area contributed by atoms with Crippen LogP contribution in [0.15, 0.2) is 66.9 Å². The fraction of sp³-hybridized carbons (Fsp3) is 0.333. The van der Waals surface area contributed by atoms with Gasteiger partial charge >= 0.3 is 6.03 Å². The van der Waals surface area contributed by atoms with Crippen molar-refractivity contribution in [2.24, 2.45) is 0 Å². The number of aromatic nitrogens is 1. The van der Waals surface area contributed by atoms with E-state index in [-0.39, 0.29) is 6.03 Å². The number of urea groups is 1. The van der Waals surface area contributed by atoms with Gasteiger partial charge in [-0.05, 0) is 66.9 Å². The number of nitrogens with zero attached hydrogens (tertiary/aromatic N) is 2. The van der Waals surface area contributed by atoms with Gasteiger partial charge in [0, 0.05) is 36.5 Å². The van der Waals surface area contributed by atoms with Crippen LogP contribution in [0, 0.1) is 0 Å². The standard InChI is InChI=1S/C27H33ClN4O3/c1-34-24-15-10-21(19-25(24)35-2)20-32(27(33)31-23-13-11-22(28)12-14-23)18-8-4-3-6-16-29-26-9-5-7-17-30-26/h5,7,9-15,17,19H,3-4,6,8,16,18,20H2,1-2H3,(H,29,30)(H,31,33). The molecule has 0 aliphatic carbocycles. The fourth-order valence-corrected chi connectivity index (χ4v) is 3.78. The van der Waals surface area contributed by atoms with E-state index in [0.29, 0.717) is 35.3 Å². The van der Waals surface area contributed by atoms with E-state index < -0.39 is 0 Å². The molecule has 8 heteroatoms. The summed E-state index contributed by atoms with van der Waals surface area (Å²) in [6.07, 6.45) is 5.84. The normalized spacial score (nSPS) is 10.5. The predicted molar refractivity (Wildman–Crippen MR) is 142 cm³/mol. The smallest absolute Gasteiger partial charge is 0.322 e. The predicted octanol–water partition coefficient (Wildman–Crippen LogP) is 6.46. The van der Waals surface area contributed by atoms with Gasteiger partial charge < -0.3 is 25.0 Å². The molecule has 0 saturated carbocycles. The quantitative estimate of drug-likeness (QED) is 0.266. The van der Waals surface area contributed by atoms with Crippen molar-refractivity contribution in [2.75, 3.05) is 37.9 Å². The number of carbonyl (C=O) groups excluding carboxylic acids is 1. The van der Waals surface area contributed by atoms with Crippen LogP contribution in [0.25, 0.3) is 0 Å². The number of carbonyl (C=O) groups is 1. The summed E-state index contributed by atoms with van der Waals surface area (Å²) in [6.45, 7) is 1.98. The third-order valence-electron chi connectivity index (χ3n) is 5.53. The Morgan fingerprint density at radius 2 is 1.71 bits per heavy atom. The summed E-state index contributed by atoms with van der Waals surface area (Å²) in [6, 6.07) is 18.5. The highest BCUT2D eigenvalue weighted by Gasteiger charge is 2.15. The van der Waals surface area contributed by atoms with Gasteiger partial charge in [0.15, 0.2) is 11.5 Å². The summed E-state index contributed by atoms with van der Waals surface area (Å²) in [5, 5.41) is 6.93. The van der Waals surface area contributed by atoms with E-state index in [4.69, 9.17) is 21.1 Å². The van der Waals surface area contributed by atoms with E-state index >= 15 is 0 Å². The second-order valence-electron chi connectivity index (χ2n) is 8.10. The number of halogens is 1. The van der Waals surface area contributed by atoms with Gasteiger partial charge in [-0.1, -0.05) is 36.6 Å². The molecule has 186 valence electrons. The molecule has 0 spiro atoms. The number of anilines is 2. The van der Waals surface area contributed by atoms with Crippen molar-refractivity contribution in [1.29, 1.82) is 0 Å². The number of hydrogen-bond donors (Lipinski definition) is 2. The zero-order valence-corrected chi connectivity index (χ0v) is 21.1. The Hall–Kier alpha value is -3.45. The molecule has 2 amide bonds. The summed E-state index contributed by atoms with van der Waals surface area (Å²) >= 11 is 5.97. The lowest BCUT2D eigenvalue weighted by atomic mass is 10.1. The number of benzene rings is 2. The summed E-state index contributed by atoms with van der Waals surface area (Å²) in [5.41, 5.74) is 1.67. The molecular formula is C27H33ClN4O3. The molecular weight excluding hydrogens is 464 g/mol. The SMILES string of the molecule is COc1ccc(CN(CCCCCCNc2ccccn2)C(=O)Nc2ccc(Cl)cc2)cc1OC. The van der Waals surface area contributed by atoms with Crippen LogP contribution in [-0.4, -0.2) is 43.2 Å². The number of unbranched alkanes of at least 4 members (excludes halogenated alkanes) is 3. The van der Waals surface area contributed by atoms with Crippen molar-refractivity contribution >= 4 is 29.1 Å². The Balaban J connectivity index is 1.54. The van der Waals surface area contributed by atoms with Crippen molar-refractivity contribution in [3.05, 3.63) is 77.4 Å². The molecule has 2 N–H and O–H groups in total. The zero-order chi connectivity index (χ0) is 24.9. The first-order valence-corrected chi connectivity index (χ1v) is 12.1. The highest BCUT2D eigenvalue weighted by atomic mass is 35.5. The Labute approximate surface area is 212 Å². The van der Waals surface area contributed by atoms with Crippen molar-refractivity contribution in [1.82, 2.24) is 9.88 Å². The summed E-state index contributed by atoms with van der Waals surface area (Å²) in [4.78, 5) is 19.2. The minimum Gasteiger partial charge on any atom is -0.493 e. The maximum absolute atomic E-state index is 13.1. The third kappa shape index (κ3) is 8.68. The molecule has 0 fully saturated rings. The number of ether oxygens (including phenoxy) is 2. The Morgan fingerprint density at radius 1 is 0.943 bits per heavy atom. The monoisotopic (exact) mass is 496 g/mol. The average molecular weight is 497 g/mol. The van der Waals surface area contributed by atoms with Crippen molar-refractivity contribution in [3.63, 3.8) is 0 Å². The van der Waals surface area contributed by atoms with Gasteiger partial charge in [0.2, 0.25) is 0 Å². The number of methoxy groups -OCH3 is 2. The van der Waals surface area contributed by atoms with Gasteiger partial charge in [0.25, 0.3) is 0 Å². The van der Waals surface area contributed by atoms with E-state index in [0.717, 1.165) is 43.6 Å². The third-order valence-corrected chi connectivity index (χ3v) is 5.78. The van der Waals surface area contributed by atoms with Gasteiger partial charge in [-0.25, -0.2) is 9.78 Å². The molecule has 3 aromatic rings. The molecule has 7 nitrogen and oxygen atoms in total. The maximum Gasteiger partial charge on any atom is 0.322 e. The van der Waals surface area contributed by atoms with E-state index in [1.54, 1.807) is 44.7 Å². The first kappa shape index (κ1) is 26.2. The second kappa shape index (κ2) is 14.1. The summed E-state index contributed by atoms with van der Waals surface area (Å²) < 4.78 is 10.8. The lowest BCUT2D eigenvalue weighted by Crippen LogP contribution is -2.35. The maximum atomic E-state index is 13.1. The Bertz CT molecular complexity index is 1050. The van der Waals surface area contributed by atoms with Gasteiger partial charge in [0.05, 0.1) is 14.2 Å². The van der Waals surface area contributed by atoms with Crippen LogP contribution in [0.4, 0.5) is 16.3 Å². The summed E-state index contributed by atoms with van der Waals surface area (Å²) in [5.74, 6) is 2.20. The minimum absolute atomic E-state index is 0.154. The summed E-state index contributed by atoms with van der Waals surface area (Å²) in [7, 11) is 3.21. The Kier molecular flexibility index (Phi) is 10.5. The second-order valence-corrected chi connectivity index (χ2v) is 8.54. The highest BCUT2D eigenvalue weighted by molar-refractivity contribution is 6.30. The van der Waals surface area contributed by atoms with Crippen molar-refractivity contribution in [2.45, 2.75) is 32.2 Å². The largest absolute Gasteiger partial charge is 0.493 e. The molecule has 2 aromatic carbocycles. The molecule has 1 heterocycles. The molecule has 1 aromatic heterocycles. The van der Waals surface area contributed by atoms with E-state index in [1.807, 2.05) is 41.3 Å². The van der Waals surface area contributed by atoms with E-state index in [2.05, 4.69) is 15.6 Å². The van der Waals surface area contributed by atoms with Crippen LogP contribution in [0.2, 0.25) is 5.02 Å². The van der Waals surface area contributed by atoms with Crippen LogP contribution < -0.4 is 20.1 Å². The molecule has 0 aliphatic heterocycles.